The van der Waals surface area contributed by atoms with Crippen LogP contribution in [-0.4, -0.2) is 19.5 Å². The molecule has 0 atom stereocenters. The van der Waals surface area contributed by atoms with Gasteiger partial charge >= 0.3 is 0 Å². The maximum Gasteiger partial charge on any atom is 0.197 e. The first-order chi connectivity index (χ1) is 25.2. The first-order valence-electron chi connectivity index (χ1n) is 16.8. The van der Waals surface area contributed by atoms with Crippen LogP contribution in [0.2, 0.25) is 0 Å². The summed E-state index contributed by atoms with van der Waals surface area (Å²) in [5, 5.41) is 1.94. The molecule has 0 saturated carbocycles. The minimum Gasteiger partial charge on any atom is -0.311 e. The number of para-hydroxylation sites is 2. The first kappa shape index (κ1) is 29.9. The predicted molar refractivity (Wildman–Crippen MR) is 208 cm³/mol. The SMILES string of the molecule is [C-]#[N+]c1cc(-c2nc(-c3ccc(-c4ccccc4)cc3)nc(-c3ccc(-c4ccccc4)cc3)n2)cc2c1c1ccccc1n2-c1ccccc1. The minimum atomic E-state index is 0.505. The van der Waals surface area contributed by atoms with Gasteiger partial charge < -0.3 is 4.57 Å². The molecule has 0 N–H and O–H groups in total. The Labute approximate surface area is 295 Å². The molecule has 2 aromatic heterocycles. The number of nitrogens with zero attached hydrogens (tertiary/aromatic N) is 5. The van der Waals surface area contributed by atoms with E-state index in [1.165, 1.54) is 0 Å². The lowest BCUT2D eigenvalue weighted by atomic mass is 10.0. The molecule has 51 heavy (non-hydrogen) atoms. The standard InChI is InChI=1S/C46H29N5/c1-47-40-29-37(30-42-43(40)39-19-11-12-20-41(39)51(42)38-17-9-4-10-18-38)46-49-44(35-25-21-33(22-26-35)31-13-5-2-6-14-31)48-45(50-46)36-27-23-34(24-28-36)32-15-7-3-8-16-32/h2-30H. The zero-order chi connectivity index (χ0) is 34.1. The summed E-state index contributed by atoms with van der Waals surface area (Å²) in [5.74, 6) is 1.63. The van der Waals surface area contributed by atoms with Crippen molar-refractivity contribution in [2.24, 2.45) is 0 Å². The van der Waals surface area contributed by atoms with Crippen molar-refractivity contribution >= 4 is 27.5 Å². The number of hydrogen-bond acceptors (Lipinski definition) is 3. The predicted octanol–water partition coefficient (Wildman–Crippen LogP) is 11.9. The van der Waals surface area contributed by atoms with E-state index in [4.69, 9.17) is 21.5 Å². The molecule has 0 fully saturated rings. The molecule has 5 nitrogen and oxygen atoms in total. The maximum atomic E-state index is 8.27. The van der Waals surface area contributed by atoms with Gasteiger partial charge in [-0.3, -0.25) is 0 Å². The Morgan fingerprint density at radius 1 is 0.392 bits per heavy atom. The highest BCUT2D eigenvalue weighted by atomic mass is 15.0. The third-order valence-electron chi connectivity index (χ3n) is 9.28. The van der Waals surface area contributed by atoms with Gasteiger partial charge in [0, 0.05) is 33.3 Å². The Morgan fingerprint density at radius 3 is 1.35 bits per heavy atom. The van der Waals surface area contributed by atoms with Crippen LogP contribution in [0, 0.1) is 6.57 Å². The van der Waals surface area contributed by atoms with Crippen molar-refractivity contribution in [2.45, 2.75) is 0 Å². The Hall–Kier alpha value is -7.16. The van der Waals surface area contributed by atoms with Crippen LogP contribution in [-0.2, 0) is 0 Å². The molecule has 0 saturated heterocycles. The average Bonchev–Trinajstić information content (AvgIpc) is 3.56. The minimum absolute atomic E-state index is 0.505. The first-order valence-corrected chi connectivity index (χ1v) is 16.8. The topological polar surface area (TPSA) is 48.0 Å². The van der Waals surface area contributed by atoms with E-state index in [9.17, 15) is 0 Å². The van der Waals surface area contributed by atoms with E-state index in [1.54, 1.807) is 0 Å². The molecule has 9 rings (SSSR count). The largest absolute Gasteiger partial charge is 0.311 e. The number of benzene rings is 7. The molecular formula is C46H29N5. The summed E-state index contributed by atoms with van der Waals surface area (Å²) in [6, 6.07) is 59.8. The second-order valence-electron chi connectivity index (χ2n) is 12.4. The van der Waals surface area contributed by atoms with Gasteiger partial charge in [-0.1, -0.05) is 146 Å². The van der Waals surface area contributed by atoms with Crippen LogP contribution in [0.3, 0.4) is 0 Å². The van der Waals surface area contributed by atoms with E-state index in [1.807, 2.05) is 72.8 Å². The third-order valence-corrected chi connectivity index (χ3v) is 9.28. The Balaban J connectivity index is 1.24. The van der Waals surface area contributed by atoms with Gasteiger partial charge in [0.25, 0.3) is 0 Å². The maximum absolute atomic E-state index is 8.27. The van der Waals surface area contributed by atoms with Gasteiger partial charge in [-0.25, -0.2) is 19.8 Å². The monoisotopic (exact) mass is 651 g/mol. The summed E-state index contributed by atoms with van der Waals surface area (Å²) >= 11 is 0. The lowest BCUT2D eigenvalue weighted by molar-refractivity contribution is 1.07. The van der Waals surface area contributed by atoms with Crippen molar-refractivity contribution in [1.29, 1.82) is 0 Å². The molecule has 7 aromatic carbocycles. The van der Waals surface area contributed by atoms with Crippen molar-refractivity contribution in [1.82, 2.24) is 19.5 Å². The second kappa shape index (κ2) is 12.7. The third kappa shape index (κ3) is 5.51. The van der Waals surface area contributed by atoms with Crippen LogP contribution in [0.5, 0.6) is 0 Å². The summed E-state index contributed by atoms with van der Waals surface area (Å²) in [6.07, 6.45) is 0. The Kier molecular flexibility index (Phi) is 7.46. The average molecular weight is 652 g/mol. The zero-order valence-corrected chi connectivity index (χ0v) is 27.5. The summed E-state index contributed by atoms with van der Waals surface area (Å²) in [7, 11) is 0. The number of fused-ring (bicyclic) bond motifs is 3. The lowest BCUT2D eigenvalue weighted by Crippen LogP contribution is -2.00. The molecule has 0 unspecified atom stereocenters. The van der Waals surface area contributed by atoms with Gasteiger partial charge in [0.2, 0.25) is 0 Å². The van der Waals surface area contributed by atoms with Crippen LogP contribution in [0.25, 0.3) is 88.8 Å². The van der Waals surface area contributed by atoms with Crippen molar-refractivity contribution in [3.8, 4) is 62.1 Å². The quantitative estimate of drug-likeness (QED) is 0.168. The number of aromatic nitrogens is 4. The zero-order valence-electron chi connectivity index (χ0n) is 27.5. The van der Waals surface area contributed by atoms with Crippen LogP contribution in [0.15, 0.2) is 176 Å². The van der Waals surface area contributed by atoms with E-state index < -0.39 is 0 Å². The fraction of sp³-hybridized carbons (Fsp3) is 0. The fourth-order valence-electron chi connectivity index (χ4n) is 6.79. The van der Waals surface area contributed by atoms with Gasteiger partial charge in [-0.05, 0) is 58.0 Å². The van der Waals surface area contributed by atoms with Crippen molar-refractivity contribution < 1.29 is 0 Å². The molecule has 0 aliphatic rings. The van der Waals surface area contributed by atoms with Crippen LogP contribution >= 0.6 is 0 Å². The lowest BCUT2D eigenvalue weighted by Gasteiger charge is -2.12. The summed E-state index contributed by atoms with van der Waals surface area (Å²) in [4.78, 5) is 19.2. The molecule has 0 amide bonds. The van der Waals surface area contributed by atoms with Crippen molar-refractivity contribution in [3.63, 3.8) is 0 Å². The molecule has 238 valence electrons. The van der Waals surface area contributed by atoms with E-state index in [-0.39, 0.29) is 0 Å². The van der Waals surface area contributed by atoms with Crippen LogP contribution < -0.4 is 0 Å². The van der Waals surface area contributed by atoms with Crippen molar-refractivity contribution in [3.05, 3.63) is 187 Å². The summed E-state index contributed by atoms with van der Waals surface area (Å²) in [6.45, 7) is 8.27. The van der Waals surface area contributed by atoms with Gasteiger partial charge in [0.15, 0.2) is 23.2 Å². The molecule has 0 spiro atoms. The van der Waals surface area contributed by atoms with E-state index in [0.29, 0.717) is 23.2 Å². The fourth-order valence-corrected chi connectivity index (χ4v) is 6.79. The highest BCUT2D eigenvalue weighted by Gasteiger charge is 2.19. The van der Waals surface area contributed by atoms with Crippen LogP contribution in [0.4, 0.5) is 5.69 Å². The molecule has 0 aliphatic carbocycles. The molecule has 0 radical (unpaired) electrons. The normalized spacial score (nSPS) is 11.1. The van der Waals surface area contributed by atoms with Crippen LogP contribution in [0.1, 0.15) is 0 Å². The Bertz CT molecular complexity index is 2610. The van der Waals surface area contributed by atoms with Gasteiger partial charge in [-0.15, -0.1) is 0 Å². The Morgan fingerprint density at radius 2 is 0.824 bits per heavy atom. The highest BCUT2D eigenvalue weighted by molar-refractivity contribution is 6.16. The van der Waals surface area contributed by atoms with E-state index in [2.05, 4.69) is 113 Å². The molecule has 0 bridgehead atoms. The van der Waals surface area contributed by atoms with Gasteiger partial charge in [0.1, 0.15) is 0 Å². The highest BCUT2D eigenvalue weighted by Crippen LogP contribution is 2.41. The molecule has 2 heterocycles. The molecular weight excluding hydrogens is 623 g/mol. The smallest absolute Gasteiger partial charge is 0.197 e. The second-order valence-corrected chi connectivity index (χ2v) is 12.4. The summed E-state index contributed by atoms with van der Waals surface area (Å²) < 4.78 is 2.22. The van der Waals surface area contributed by atoms with Gasteiger partial charge in [0.05, 0.1) is 12.1 Å². The molecule has 9 aromatic rings. The number of rotatable bonds is 6. The van der Waals surface area contributed by atoms with Crippen molar-refractivity contribution in [2.75, 3.05) is 0 Å². The van der Waals surface area contributed by atoms with E-state index >= 15 is 0 Å². The number of hydrogen-bond donors (Lipinski definition) is 0. The summed E-state index contributed by atoms with van der Waals surface area (Å²) in [5.41, 5.74) is 10.6. The van der Waals surface area contributed by atoms with Gasteiger partial charge in [-0.2, -0.15) is 0 Å². The molecule has 0 aliphatic heterocycles. The molecule has 5 heteroatoms. The van der Waals surface area contributed by atoms with E-state index in [0.717, 1.165) is 66.4 Å².